The van der Waals surface area contributed by atoms with Crippen LogP contribution >= 0.6 is 0 Å². The van der Waals surface area contributed by atoms with Crippen LogP contribution in [0, 0.1) is 11.3 Å². The van der Waals surface area contributed by atoms with Gasteiger partial charge in [-0.05, 0) is 37.8 Å². The minimum atomic E-state index is -0.343. The first kappa shape index (κ1) is 19.5. The first-order valence-electron chi connectivity index (χ1n) is 9.56. The van der Waals surface area contributed by atoms with E-state index in [0.717, 1.165) is 12.1 Å². The molecule has 0 saturated carbocycles. The van der Waals surface area contributed by atoms with E-state index in [2.05, 4.69) is 26.1 Å². The number of ether oxygens (including phenoxy) is 2. The third-order valence-corrected chi connectivity index (χ3v) is 4.77. The van der Waals surface area contributed by atoms with Crippen molar-refractivity contribution in [2.45, 2.75) is 53.0 Å². The van der Waals surface area contributed by atoms with Gasteiger partial charge in [-0.15, -0.1) is 0 Å². The number of benzene rings is 1. The maximum Gasteiger partial charge on any atom is 0.227 e. The van der Waals surface area contributed by atoms with E-state index in [4.69, 9.17) is 9.47 Å². The maximum atomic E-state index is 12.8. The van der Waals surface area contributed by atoms with Crippen molar-refractivity contribution in [3.05, 3.63) is 18.2 Å². The van der Waals surface area contributed by atoms with Gasteiger partial charge in [0.25, 0.3) is 0 Å². The van der Waals surface area contributed by atoms with E-state index < -0.39 is 0 Å². The van der Waals surface area contributed by atoms with E-state index in [1.165, 1.54) is 0 Å². The molecule has 2 heterocycles. The summed E-state index contributed by atoms with van der Waals surface area (Å²) >= 11 is 0. The molecule has 6 heteroatoms. The van der Waals surface area contributed by atoms with Crippen molar-refractivity contribution in [3.63, 3.8) is 0 Å². The minimum Gasteiger partial charge on any atom is -0.486 e. The highest BCUT2D eigenvalue weighted by atomic mass is 16.6. The Morgan fingerprint density at radius 1 is 1.15 bits per heavy atom. The molecular weight excluding hydrogens is 344 g/mol. The molecule has 0 aliphatic carbocycles. The lowest BCUT2D eigenvalue weighted by molar-refractivity contribution is -0.128. The summed E-state index contributed by atoms with van der Waals surface area (Å²) < 4.78 is 11.1. The number of hydrogen-bond donors (Lipinski definition) is 1. The Balaban J connectivity index is 1.67. The molecule has 1 unspecified atom stereocenters. The van der Waals surface area contributed by atoms with Gasteiger partial charge in [-0.2, -0.15) is 0 Å². The average molecular weight is 374 g/mol. The highest BCUT2D eigenvalue weighted by molar-refractivity contribution is 6.00. The predicted molar refractivity (Wildman–Crippen MR) is 104 cm³/mol. The number of nitrogens with one attached hydrogen (secondary N) is 1. The second kappa shape index (κ2) is 7.06. The lowest BCUT2D eigenvalue weighted by atomic mass is 9.81. The number of carbonyl (C=O) groups excluding carboxylic acids is 2. The summed E-state index contributed by atoms with van der Waals surface area (Å²) in [6.45, 7) is 11.9. The van der Waals surface area contributed by atoms with Crippen LogP contribution in [0.5, 0.6) is 11.5 Å². The van der Waals surface area contributed by atoms with Crippen molar-refractivity contribution in [3.8, 4) is 11.5 Å². The van der Waals surface area contributed by atoms with Gasteiger partial charge >= 0.3 is 0 Å². The lowest BCUT2D eigenvalue weighted by Gasteiger charge is -2.34. The van der Waals surface area contributed by atoms with Crippen LogP contribution in [0.15, 0.2) is 18.2 Å². The number of nitrogens with zero attached hydrogens (tertiary/aromatic N) is 1. The molecule has 2 amide bonds. The quantitative estimate of drug-likeness (QED) is 0.879. The highest BCUT2D eigenvalue weighted by Crippen LogP contribution is 2.36. The molecule has 2 aliphatic heterocycles. The summed E-state index contributed by atoms with van der Waals surface area (Å²) in [5.41, 5.74) is 0.538. The zero-order valence-electron chi connectivity index (χ0n) is 16.9. The van der Waals surface area contributed by atoms with E-state index in [0.29, 0.717) is 31.3 Å². The van der Waals surface area contributed by atoms with E-state index in [9.17, 15) is 9.59 Å². The molecule has 1 fully saturated rings. The van der Waals surface area contributed by atoms with Gasteiger partial charge in [0, 0.05) is 30.3 Å². The van der Waals surface area contributed by atoms with E-state index in [1.54, 1.807) is 4.90 Å². The van der Waals surface area contributed by atoms with E-state index in [1.807, 2.05) is 32.0 Å². The Kier molecular flexibility index (Phi) is 5.10. The molecule has 148 valence electrons. The van der Waals surface area contributed by atoms with Crippen LogP contribution in [0.2, 0.25) is 0 Å². The molecule has 3 rings (SSSR count). The first-order chi connectivity index (χ1) is 12.5. The Morgan fingerprint density at radius 3 is 2.48 bits per heavy atom. The van der Waals surface area contributed by atoms with Crippen LogP contribution in [0.4, 0.5) is 5.69 Å². The first-order valence-corrected chi connectivity index (χ1v) is 9.56. The molecule has 1 N–H and O–H groups in total. The third kappa shape index (κ3) is 4.73. The fourth-order valence-corrected chi connectivity index (χ4v) is 4.14. The Bertz CT molecular complexity index is 736. The van der Waals surface area contributed by atoms with E-state index >= 15 is 0 Å². The average Bonchev–Trinajstić information content (AvgIpc) is 2.93. The van der Waals surface area contributed by atoms with Crippen LogP contribution in [-0.2, 0) is 9.59 Å². The molecule has 1 aromatic carbocycles. The summed E-state index contributed by atoms with van der Waals surface area (Å²) in [6.07, 6.45) is 1.09. The number of fused-ring (bicyclic) bond motifs is 1. The van der Waals surface area contributed by atoms with Gasteiger partial charge in [0.1, 0.15) is 13.2 Å². The lowest BCUT2D eigenvalue weighted by Crippen LogP contribution is -2.48. The second-order valence-corrected chi connectivity index (χ2v) is 9.34. The molecule has 27 heavy (non-hydrogen) atoms. The summed E-state index contributed by atoms with van der Waals surface area (Å²) in [5.74, 6) is 0.892. The van der Waals surface area contributed by atoms with Crippen LogP contribution in [-0.4, -0.2) is 37.1 Å². The number of hydrogen-bond acceptors (Lipinski definition) is 4. The molecule has 0 bridgehead atoms. The Morgan fingerprint density at radius 2 is 1.81 bits per heavy atom. The smallest absolute Gasteiger partial charge is 0.227 e. The number of carbonyl (C=O) groups is 2. The van der Waals surface area contributed by atoms with Crippen LogP contribution < -0.4 is 19.7 Å². The van der Waals surface area contributed by atoms with Crippen molar-refractivity contribution < 1.29 is 19.1 Å². The van der Waals surface area contributed by atoms with Gasteiger partial charge in [0.2, 0.25) is 11.8 Å². The zero-order valence-corrected chi connectivity index (χ0v) is 16.9. The molecular formula is C21H30N2O4. The molecule has 0 radical (unpaired) electrons. The highest BCUT2D eigenvalue weighted by Gasteiger charge is 2.38. The summed E-state index contributed by atoms with van der Waals surface area (Å²) in [6, 6.07) is 5.47. The number of anilines is 1. The van der Waals surface area contributed by atoms with Gasteiger partial charge in [-0.25, -0.2) is 0 Å². The Labute approximate surface area is 161 Å². The van der Waals surface area contributed by atoms with E-state index in [-0.39, 0.29) is 35.1 Å². The molecule has 1 saturated heterocycles. The van der Waals surface area contributed by atoms with Gasteiger partial charge in [-0.3, -0.25) is 9.59 Å². The summed E-state index contributed by atoms with van der Waals surface area (Å²) in [4.78, 5) is 27.0. The predicted octanol–water partition coefficient (Wildman–Crippen LogP) is 3.14. The van der Waals surface area contributed by atoms with Crippen molar-refractivity contribution in [1.29, 1.82) is 0 Å². The zero-order chi connectivity index (χ0) is 19.8. The van der Waals surface area contributed by atoms with Gasteiger partial charge in [0.15, 0.2) is 11.5 Å². The largest absolute Gasteiger partial charge is 0.486 e. The van der Waals surface area contributed by atoms with Crippen molar-refractivity contribution in [2.24, 2.45) is 11.3 Å². The fraction of sp³-hybridized carbons (Fsp3) is 0.619. The normalized spacial score (nSPS) is 20.0. The number of amides is 2. The fourth-order valence-electron chi connectivity index (χ4n) is 4.14. The van der Waals surface area contributed by atoms with Crippen molar-refractivity contribution in [2.75, 3.05) is 24.7 Å². The molecule has 0 aromatic heterocycles. The SMILES string of the molecule is CC(C)(C)CC(C)(C)NC(=O)C1CC(=O)N(c2ccc3c(c2)OCCO3)C1. The molecule has 0 spiro atoms. The molecule has 6 nitrogen and oxygen atoms in total. The van der Waals surface area contributed by atoms with Crippen molar-refractivity contribution >= 4 is 17.5 Å². The Hall–Kier alpha value is -2.24. The minimum absolute atomic E-state index is 0.0412. The second-order valence-electron chi connectivity index (χ2n) is 9.34. The monoisotopic (exact) mass is 374 g/mol. The topological polar surface area (TPSA) is 67.9 Å². The molecule has 1 aromatic rings. The van der Waals surface area contributed by atoms with Crippen LogP contribution in [0.25, 0.3) is 0 Å². The van der Waals surface area contributed by atoms with Gasteiger partial charge in [0.05, 0.1) is 5.92 Å². The summed E-state index contributed by atoms with van der Waals surface area (Å²) in [7, 11) is 0. The van der Waals surface area contributed by atoms with Gasteiger partial charge < -0.3 is 19.7 Å². The maximum absolute atomic E-state index is 12.8. The third-order valence-electron chi connectivity index (χ3n) is 4.77. The van der Waals surface area contributed by atoms with Crippen LogP contribution in [0.3, 0.4) is 0 Å². The summed E-state index contributed by atoms with van der Waals surface area (Å²) in [5, 5.41) is 3.13. The molecule has 1 atom stereocenters. The standard InChI is InChI=1S/C21H30N2O4/c1-20(2,3)13-21(4,5)22-19(25)14-10-18(24)23(12-14)15-6-7-16-17(11-15)27-9-8-26-16/h6-7,11,14H,8-10,12-13H2,1-5H3,(H,22,25). The molecule has 2 aliphatic rings. The van der Waals surface area contributed by atoms with Gasteiger partial charge in [-0.1, -0.05) is 20.8 Å². The van der Waals surface area contributed by atoms with Crippen molar-refractivity contribution in [1.82, 2.24) is 5.32 Å². The number of rotatable bonds is 4. The van der Waals surface area contributed by atoms with Crippen LogP contribution in [0.1, 0.15) is 47.5 Å².